The van der Waals surface area contributed by atoms with Crippen LogP contribution in [0.5, 0.6) is 0 Å². The lowest BCUT2D eigenvalue weighted by Crippen LogP contribution is -2.48. The number of nitrogens with two attached hydrogens (primary N) is 1. The highest BCUT2D eigenvalue weighted by Gasteiger charge is 2.34. The Kier molecular flexibility index (Phi) is 7.01. The van der Waals surface area contributed by atoms with E-state index in [4.69, 9.17) is 5.73 Å². The van der Waals surface area contributed by atoms with Crippen molar-refractivity contribution in [1.29, 1.82) is 0 Å². The van der Waals surface area contributed by atoms with E-state index in [2.05, 4.69) is 39.5 Å². The first-order chi connectivity index (χ1) is 9.40. The van der Waals surface area contributed by atoms with E-state index in [9.17, 15) is 4.79 Å². The van der Waals surface area contributed by atoms with E-state index in [0.717, 1.165) is 38.6 Å². The second-order valence-corrected chi connectivity index (χ2v) is 7.01. The second-order valence-electron chi connectivity index (χ2n) is 7.01. The Morgan fingerprint density at radius 3 is 2.30 bits per heavy atom. The summed E-state index contributed by atoms with van der Waals surface area (Å²) in [6.07, 6.45) is 5.07. The minimum Gasteiger partial charge on any atom is -0.339 e. The third-order valence-electron chi connectivity index (χ3n) is 4.84. The van der Waals surface area contributed by atoms with Gasteiger partial charge < -0.3 is 10.6 Å². The summed E-state index contributed by atoms with van der Waals surface area (Å²) in [6, 6.07) is 0.584. The third-order valence-corrected chi connectivity index (χ3v) is 4.84. The molecule has 0 bridgehead atoms. The van der Waals surface area contributed by atoms with Crippen molar-refractivity contribution in [3.8, 4) is 0 Å². The number of hydrogen-bond acceptors (Lipinski definition) is 2. The molecule has 0 radical (unpaired) electrons. The first kappa shape index (κ1) is 17.5. The van der Waals surface area contributed by atoms with Gasteiger partial charge in [-0.05, 0) is 43.9 Å². The van der Waals surface area contributed by atoms with E-state index in [0.29, 0.717) is 23.8 Å². The van der Waals surface area contributed by atoms with Gasteiger partial charge in [0.15, 0.2) is 0 Å². The van der Waals surface area contributed by atoms with Crippen molar-refractivity contribution in [2.45, 2.75) is 78.8 Å². The molecular weight excluding hydrogens is 248 g/mol. The minimum absolute atomic E-state index is 0.153. The maximum atomic E-state index is 12.9. The summed E-state index contributed by atoms with van der Waals surface area (Å²) in [5.74, 6) is 1.59. The van der Waals surface area contributed by atoms with Crippen LogP contribution in [0.2, 0.25) is 0 Å². The molecule has 20 heavy (non-hydrogen) atoms. The lowest BCUT2D eigenvalue weighted by Gasteiger charge is -2.38. The highest BCUT2D eigenvalue weighted by atomic mass is 16.2. The summed E-state index contributed by atoms with van der Waals surface area (Å²) in [5, 5.41) is 0. The molecule has 1 aliphatic carbocycles. The topological polar surface area (TPSA) is 46.3 Å². The first-order valence-electron chi connectivity index (χ1n) is 8.46. The zero-order valence-electron chi connectivity index (χ0n) is 14.1. The van der Waals surface area contributed by atoms with Gasteiger partial charge in [0.25, 0.3) is 0 Å². The molecule has 2 N–H and O–H groups in total. The highest BCUT2D eigenvalue weighted by Crippen LogP contribution is 2.30. The van der Waals surface area contributed by atoms with Crippen molar-refractivity contribution < 1.29 is 4.79 Å². The minimum atomic E-state index is 0.153. The molecule has 1 saturated carbocycles. The molecule has 3 atom stereocenters. The van der Waals surface area contributed by atoms with Crippen LogP contribution in [-0.4, -0.2) is 29.4 Å². The Morgan fingerprint density at radius 2 is 1.85 bits per heavy atom. The average Bonchev–Trinajstić information content (AvgIpc) is 2.41. The van der Waals surface area contributed by atoms with Crippen molar-refractivity contribution in [1.82, 2.24) is 4.90 Å². The molecule has 1 aliphatic rings. The van der Waals surface area contributed by atoms with Gasteiger partial charge in [0.05, 0.1) is 0 Å². The molecule has 0 aliphatic heterocycles. The van der Waals surface area contributed by atoms with E-state index in [-0.39, 0.29) is 12.0 Å². The third kappa shape index (κ3) is 4.47. The molecule has 0 saturated heterocycles. The van der Waals surface area contributed by atoms with Crippen molar-refractivity contribution in [3.05, 3.63) is 0 Å². The Bertz CT molecular complexity index is 299. The molecule has 3 unspecified atom stereocenters. The molecule has 0 heterocycles. The number of carbonyl (C=O) groups is 1. The molecule has 1 rings (SSSR count). The summed E-state index contributed by atoms with van der Waals surface area (Å²) in [6.45, 7) is 11.8. The number of hydrogen-bond donors (Lipinski definition) is 1. The average molecular weight is 282 g/mol. The number of rotatable bonds is 6. The van der Waals surface area contributed by atoms with Crippen LogP contribution in [0.3, 0.4) is 0 Å². The summed E-state index contributed by atoms with van der Waals surface area (Å²) in [4.78, 5) is 15.1. The molecule has 0 aromatic rings. The van der Waals surface area contributed by atoms with Gasteiger partial charge in [0, 0.05) is 24.5 Å². The van der Waals surface area contributed by atoms with E-state index in [1.807, 2.05) is 0 Å². The van der Waals surface area contributed by atoms with Crippen LogP contribution in [0.1, 0.15) is 66.7 Å². The van der Waals surface area contributed by atoms with Gasteiger partial charge in [-0.3, -0.25) is 4.79 Å². The summed E-state index contributed by atoms with van der Waals surface area (Å²) in [5.41, 5.74) is 6.18. The lowest BCUT2D eigenvalue weighted by atomic mass is 9.78. The van der Waals surface area contributed by atoms with Crippen molar-refractivity contribution in [2.24, 2.45) is 23.5 Å². The highest BCUT2D eigenvalue weighted by molar-refractivity contribution is 5.79. The normalized spacial score (nSPS) is 27.1. The molecule has 0 aromatic heterocycles. The fourth-order valence-corrected chi connectivity index (χ4v) is 3.36. The fraction of sp³-hybridized carbons (Fsp3) is 0.941. The molecule has 3 heteroatoms. The zero-order valence-corrected chi connectivity index (χ0v) is 14.1. The number of amides is 1. The van der Waals surface area contributed by atoms with Crippen LogP contribution in [-0.2, 0) is 4.79 Å². The van der Waals surface area contributed by atoms with Crippen LogP contribution in [0, 0.1) is 17.8 Å². The van der Waals surface area contributed by atoms with E-state index < -0.39 is 0 Å². The van der Waals surface area contributed by atoms with Crippen LogP contribution < -0.4 is 5.73 Å². The monoisotopic (exact) mass is 282 g/mol. The Hall–Kier alpha value is -0.570. The van der Waals surface area contributed by atoms with Crippen molar-refractivity contribution >= 4 is 5.91 Å². The van der Waals surface area contributed by atoms with Gasteiger partial charge in [0.1, 0.15) is 0 Å². The van der Waals surface area contributed by atoms with Gasteiger partial charge in [-0.15, -0.1) is 0 Å². The van der Waals surface area contributed by atoms with Gasteiger partial charge in [0.2, 0.25) is 5.91 Å². The van der Waals surface area contributed by atoms with E-state index >= 15 is 0 Å². The number of nitrogens with zero attached hydrogens (tertiary/aromatic N) is 1. The van der Waals surface area contributed by atoms with Gasteiger partial charge in [-0.1, -0.05) is 34.6 Å². The molecule has 1 fully saturated rings. The SMILES string of the molecule is CCC(CC)N(CC(C)C)C(=O)C1CCC(C)C(N)C1. The smallest absolute Gasteiger partial charge is 0.225 e. The van der Waals surface area contributed by atoms with E-state index in [1.54, 1.807) is 0 Å². The molecule has 3 nitrogen and oxygen atoms in total. The molecular formula is C17H34N2O. The molecule has 118 valence electrons. The first-order valence-corrected chi connectivity index (χ1v) is 8.46. The van der Waals surface area contributed by atoms with Crippen LogP contribution in [0.4, 0.5) is 0 Å². The summed E-state index contributed by atoms with van der Waals surface area (Å²) >= 11 is 0. The summed E-state index contributed by atoms with van der Waals surface area (Å²) in [7, 11) is 0. The molecule has 0 aromatic carbocycles. The largest absolute Gasteiger partial charge is 0.339 e. The quantitative estimate of drug-likeness (QED) is 0.811. The standard InChI is InChI=1S/C17H34N2O/c1-6-15(7-2)19(11-12(3)4)17(20)14-9-8-13(5)16(18)10-14/h12-16H,6-11,18H2,1-5H3. The maximum absolute atomic E-state index is 12.9. The van der Waals surface area contributed by atoms with Crippen molar-refractivity contribution in [3.63, 3.8) is 0 Å². The van der Waals surface area contributed by atoms with Crippen molar-refractivity contribution in [2.75, 3.05) is 6.54 Å². The Labute approximate surface area is 125 Å². The van der Waals surface area contributed by atoms with Gasteiger partial charge in [-0.2, -0.15) is 0 Å². The van der Waals surface area contributed by atoms with E-state index in [1.165, 1.54) is 0 Å². The van der Waals surface area contributed by atoms with Gasteiger partial charge in [-0.25, -0.2) is 0 Å². The molecule has 1 amide bonds. The second kappa shape index (κ2) is 8.02. The van der Waals surface area contributed by atoms with Crippen LogP contribution in [0.25, 0.3) is 0 Å². The lowest BCUT2D eigenvalue weighted by molar-refractivity contribution is -0.140. The fourth-order valence-electron chi connectivity index (χ4n) is 3.36. The predicted molar refractivity (Wildman–Crippen MR) is 85.4 cm³/mol. The maximum Gasteiger partial charge on any atom is 0.225 e. The summed E-state index contributed by atoms with van der Waals surface area (Å²) < 4.78 is 0. The van der Waals surface area contributed by atoms with Crippen LogP contribution in [0.15, 0.2) is 0 Å². The van der Waals surface area contributed by atoms with Gasteiger partial charge >= 0.3 is 0 Å². The zero-order chi connectivity index (χ0) is 15.3. The predicted octanol–water partition coefficient (Wildman–Crippen LogP) is 3.42. The van der Waals surface area contributed by atoms with Crippen LogP contribution >= 0.6 is 0 Å². The number of carbonyl (C=O) groups excluding carboxylic acids is 1. The Morgan fingerprint density at radius 1 is 1.25 bits per heavy atom. The molecule has 0 spiro atoms. The Balaban J connectivity index is 2.76.